The Hall–Kier alpha value is -4.02. The van der Waals surface area contributed by atoms with E-state index in [1.807, 2.05) is 0 Å². The average molecular weight is 452 g/mol. The van der Waals surface area contributed by atoms with Crippen molar-refractivity contribution in [3.63, 3.8) is 0 Å². The Kier molecular flexibility index (Phi) is 5.95. The second-order valence-electron chi connectivity index (χ2n) is 8.06. The van der Waals surface area contributed by atoms with Gasteiger partial charge in [0.2, 0.25) is 0 Å². The minimum Gasteiger partial charge on any atom is -0.480 e. The Bertz CT molecular complexity index is 1380. The molecule has 1 saturated carbocycles. The number of carbonyl (C=O) groups is 2. The number of carboxylic acid groups (broad SMARTS) is 1. The van der Waals surface area contributed by atoms with E-state index in [0.29, 0.717) is 22.3 Å². The molecule has 3 N–H and O–H groups in total. The number of nitrogens with zero attached hydrogens (tertiary/aromatic N) is 5. The van der Waals surface area contributed by atoms with Crippen LogP contribution < -0.4 is 16.4 Å². The maximum atomic E-state index is 13.3. The molecular weight excluding hydrogens is 428 g/mol. The number of nitrogens with one attached hydrogen (secondary N) is 1. The number of rotatable bonds is 6. The van der Waals surface area contributed by atoms with Crippen molar-refractivity contribution in [2.45, 2.75) is 45.6 Å². The Balaban J connectivity index is 1.85. The highest BCUT2D eigenvalue weighted by Crippen LogP contribution is 2.32. The van der Waals surface area contributed by atoms with Crippen LogP contribution in [0.5, 0.6) is 0 Å². The maximum absolute atomic E-state index is 13.3. The zero-order valence-corrected chi connectivity index (χ0v) is 18.3. The van der Waals surface area contributed by atoms with Crippen LogP contribution in [0.25, 0.3) is 11.0 Å². The van der Waals surface area contributed by atoms with Crippen LogP contribution in [0.1, 0.15) is 54.6 Å². The summed E-state index contributed by atoms with van der Waals surface area (Å²) in [5.41, 5.74) is 1.25. The first-order chi connectivity index (χ1) is 15.8. The number of aromatic nitrogens is 4. The molecule has 1 aliphatic rings. The van der Waals surface area contributed by atoms with Crippen LogP contribution >= 0.6 is 0 Å². The molecule has 3 aromatic rings. The number of pyridine rings is 2. The maximum Gasteiger partial charge on any atom is 0.322 e. The summed E-state index contributed by atoms with van der Waals surface area (Å²) in [5, 5.41) is 22.2. The molecule has 0 spiro atoms. The lowest BCUT2D eigenvalue weighted by Gasteiger charge is -2.19. The molecule has 3 aromatic heterocycles. The van der Waals surface area contributed by atoms with E-state index in [-0.39, 0.29) is 40.9 Å². The largest absolute Gasteiger partial charge is 0.480 e. The van der Waals surface area contributed by atoms with E-state index in [1.54, 1.807) is 23.8 Å². The SMILES string of the molecule is CC(=O)c1c(C)c2cnc(/N=c3/ccc(NCC(=O)O)cn3O)nc2n(C2CCCC2)c1=O. The van der Waals surface area contributed by atoms with Gasteiger partial charge in [-0.05, 0) is 44.4 Å². The van der Waals surface area contributed by atoms with Crippen molar-refractivity contribution >= 4 is 34.4 Å². The topological polar surface area (TPSA) is 152 Å². The van der Waals surface area contributed by atoms with E-state index < -0.39 is 5.97 Å². The molecule has 11 heteroatoms. The van der Waals surface area contributed by atoms with E-state index >= 15 is 0 Å². The molecule has 1 fully saturated rings. The first-order valence-electron chi connectivity index (χ1n) is 10.6. The summed E-state index contributed by atoms with van der Waals surface area (Å²) in [4.78, 5) is 49.2. The monoisotopic (exact) mass is 452 g/mol. The molecule has 3 heterocycles. The van der Waals surface area contributed by atoms with Gasteiger partial charge in [-0.3, -0.25) is 19.0 Å². The highest BCUT2D eigenvalue weighted by molar-refractivity contribution is 5.99. The van der Waals surface area contributed by atoms with Gasteiger partial charge in [0, 0.05) is 17.6 Å². The summed E-state index contributed by atoms with van der Waals surface area (Å²) < 4.78 is 2.32. The number of ketones is 1. The van der Waals surface area contributed by atoms with Gasteiger partial charge in [-0.15, -0.1) is 0 Å². The van der Waals surface area contributed by atoms with Gasteiger partial charge in [0.1, 0.15) is 12.2 Å². The lowest BCUT2D eigenvalue weighted by molar-refractivity contribution is -0.134. The van der Waals surface area contributed by atoms with Crippen LogP contribution in [-0.2, 0) is 4.79 Å². The van der Waals surface area contributed by atoms with Crippen molar-refractivity contribution < 1.29 is 19.9 Å². The summed E-state index contributed by atoms with van der Waals surface area (Å²) in [5.74, 6) is -1.29. The number of hydrogen-bond acceptors (Lipinski definition) is 8. The molecule has 0 radical (unpaired) electrons. The molecule has 0 aliphatic heterocycles. The molecule has 0 saturated heterocycles. The standard InChI is InChI=1S/C22H24N6O5/c1-12-16-9-24-22(25-17-8-7-14(11-27(17)33)23-10-18(30)31)26-20(16)28(15-5-3-4-6-15)21(32)19(12)13(2)29/h7-9,11,15,23,33H,3-6,10H2,1-2H3,(H,30,31)/b25-17-. The van der Waals surface area contributed by atoms with Gasteiger partial charge in [0.15, 0.2) is 11.3 Å². The Morgan fingerprint density at radius 3 is 2.64 bits per heavy atom. The fourth-order valence-corrected chi connectivity index (χ4v) is 4.25. The molecule has 33 heavy (non-hydrogen) atoms. The van der Waals surface area contributed by atoms with Gasteiger partial charge < -0.3 is 15.6 Å². The normalized spacial score (nSPS) is 14.7. The number of anilines is 1. The fraction of sp³-hybridized carbons (Fsp3) is 0.364. The molecule has 0 unspecified atom stereocenters. The van der Waals surface area contributed by atoms with E-state index in [2.05, 4.69) is 20.3 Å². The average Bonchev–Trinajstić information content (AvgIpc) is 3.28. The van der Waals surface area contributed by atoms with Crippen molar-refractivity contribution in [2.75, 3.05) is 11.9 Å². The van der Waals surface area contributed by atoms with Gasteiger partial charge in [0.25, 0.3) is 11.5 Å². The van der Waals surface area contributed by atoms with Gasteiger partial charge in [-0.1, -0.05) is 12.8 Å². The molecule has 0 bridgehead atoms. The molecule has 0 aromatic carbocycles. The molecule has 172 valence electrons. The number of carboxylic acids is 1. The number of hydrogen-bond donors (Lipinski definition) is 3. The Morgan fingerprint density at radius 1 is 1.27 bits per heavy atom. The zero-order chi connectivity index (χ0) is 23.7. The summed E-state index contributed by atoms with van der Waals surface area (Å²) in [7, 11) is 0. The third-order valence-corrected chi connectivity index (χ3v) is 5.80. The molecule has 4 rings (SSSR count). The third kappa shape index (κ3) is 4.34. The number of Topliss-reactive ketones (excluding diaryl/α,β-unsaturated/α-hetero) is 1. The summed E-state index contributed by atoms with van der Waals surface area (Å²) in [6.45, 7) is 2.79. The lowest BCUT2D eigenvalue weighted by Crippen LogP contribution is -2.30. The fourth-order valence-electron chi connectivity index (χ4n) is 4.25. The second kappa shape index (κ2) is 8.85. The van der Waals surface area contributed by atoms with Crippen LogP contribution in [-0.4, -0.2) is 47.9 Å². The predicted octanol–water partition coefficient (Wildman–Crippen LogP) is 2.19. The van der Waals surface area contributed by atoms with Gasteiger partial charge in [-0.2, -0.15) is 14.7 Å². The van der Waals surface area contributed by atoms with Gasteiger partial charge >= 0.3 is 5.97 Å². The molecule has 11 nitrogen and oxygen atoms in total. The van der Waals surface area contributed by atoms with Crippen LogP contribution in [0.2, 0.25) is 0 Å². The van der Waals surface area contributed by atoms with Crippen molar-refractivity contribution in [1.29, 1.82) is 0 Å². The number of carbonyl (C=O) groups excluding carboxylic acids is 1. The highest BCUT2D eigenvalue weighted by atomic mass is 16.5. The predicted molar refractivity (Wildman–Crippen MR) is 119 cm³/mol. The summed E-state index contributed by atoms with van der Waals surface area (Å²) in [6.07, 6.45) is 6.47. The lowest BCUT2D eigenvalue weighted by atomic mass is 10.0. The molecule has 0 amide bonds. The van der Waals surface area contributed by atoms with E-state index in [4.69, 9.17) is 5.11 Å². The molecular formula is C22H24N6O5. The first-order valence-corrected chi connectivity index (χ1v) is 10.6. The third-order valence-electron chi connectivity index (χ3n) is 5.80. The molecule has 0 atom stereocenters. The highest BCUT2D eigenvalue weighted by Gasteiger charge is 2.25. The van der Waals surface area contributed by atoms with Crippen molar-refractivity contribution in [2.24, 2.45) is 4.99 Å². The van der Waals surface area contributed by atoms with Crippen LogP contribution in [0.3, 0.4) is 0 Å². The van der Waals surface area contributed by atoms with E-state index in [9.17, 15) is 19.6 Å². The first kappa shape index (κ1) is 22.2. The second-order valence-corrected chi connectivity index (χ2v) is 8.06. The van der Waals surface area contributed by atoms with E-state index in [0.717, 1.165) is 30.4 Å². The number of aliphatic carboxylic acids is 1. The summed E-state index contributed by atoms with van der Waals surface area (Å²) >= 11 is 0. The summed E-state index contributed by atoms with van der Waals surface area (Å²) in [6, 6.07) is 2.99. The van der Waals surface area contributed by atoms with Crippen LogP contribution in [0, 0.1) is 6.92 Å². The van der Waals surface area contributed by atoms with Crippen molar-refractivity contribution in [3.8, 4) is 0 Å². The smallest absolute Gasteiger partial charge is 0.322 e. The van der Waals surface area contributed by atoms with Crippen LogP contribution in [0.15, 0.2) is 34.3 Å². The zero-order valence-electron chi connectivity index (χ0n) is 18.3. The minimum absolute atomic E-state index is 0.0395. The van der Waals surface area contributed by atoms with Crippen molar-refractivity contribution in [1.82, 2.24) is 19.3 Å². The Morgan fingerprint density at radius 2 is 2.00 bits per heavy atom. The number of aryl methyl sites for hydroxylation is 1. The van der Waals surface area contributed by atoms with Gasteiger partial charge in [0.05, 0.1) is 17.4 Å². The quantitative estimate of drug-likeness (QED) is 0.380. The van der Waals surface area contributed by atoms with E-state index in [1.165, 1.54) is 19.2 Å². The van der Waals surface area contributed by atoms with Gasteiger partial charge in [-0.25, -0.2) is 4.98 Å². The van der Waals surface area contributed by atoms with Crippen molar-refractivity contribution in [3.05, 3.63) is 51.5 Å². The number of fused-ring (bicyclic) bond motifs is 1. The van der Waals surface area contributed by atoms with Crippen LogP contribution in [0.4, 0.5) is 11.6 Å². The Labute approximate surface area is 188 Å². The minimum atomic E-state index is -1.03. The molecule has 1 aliphatic carbocycles.